The molecule has 0 bridgehead atoms. The molecule has 0 saturated heterocycles. The van der Waals surface area contributed by atoms with Gasteiger partial charge in [0.15, 0.2) is 0 Å². The Balaban J connectivity index is 2.47. The van der Waals surface area contributed by atoms with E-state index in [-0.39, 0.29) is 12.2 Å². The van der Waals surface area contributed by atoms with E-state index >= 15 is 0 Å². The SMILES string of the molecule is Cc1cccc(/C=C/c2cc(CO)ccc2C(F)(F)F)c1C. The Kier molecular flexibility index (Phi) is 4.71. The average molecular weight is 306 g/mol. The lowest BCUT2D eigenvalue weighted by Gasteiger charge is -2.12. The van der Waals surface area contributed by atoms with E-state index in [0.717, 1.165) is 22.8 Å². The number of hydrogen-bond acceptors (Lipinski definition) is 1. The summed E-state index contributed by atoms with van der Waals surface area (Å²) >= 11 is 0. The van der Waals surface area contributed by atoms with Crippen molar-refractivity contribution in [1.29, 1.82) is 0 Å². The lowest BCUT2D eigenvalue weighted by Crippen LogP contribution is -2.07. The zero-order valence-electron chi connectivity index (χ0n) is 12.4. The summed E-state index contributed by atoms with van der Waals surface area (Å²) in [7, 11) is 0. The molecule has 0 amide bonds. The summed E-state index contributed by atoms with van der Waals surface area (Å²) in [5.41, 5.74) is 2.80. The molecule has 4 heteroatoms. The van der Waals surface area contributed by atoms with Crippen LogP contribution in [0.25, 0.3) is 12.2 Å². The van der Waals surface area contributed by atoms with Crippen LogP contribution in [0.2, 0.25) is 0 Å². The van der Waals surface area contributed by atoms with Crippen LogP contribution in [0.4, 0.5) is 13.2 Å². The quantitative estimate of drug-likeness (QED) is 0.792. The van der Waals surface area contributed by atoms with Crippen molar-refractivity contribution in [2.24, 2.45) is 0 Å². The molecule has 0 unspecified atom stereocenters. The highest BCUT2D eigenvalue weighted by atomic mass is 19.4. The fourth-order valence-electron chi connectivity index (χ4n) is 2.24. The Labute approximate surface area is 127 Å². The number of aliphatic hydroxyl groups is 1. The van der Waals surface area contributed by atoms with Gasteiger partial charge >= 0.3 is 6.18 Å². The fraction of sp³-hybridized carbons (Fsp3) is 0.222. The summed E-state index contributed by atoms with van der Waals surface area (Å²) in [5.74, 6) is 0. The lowest BCUT2D eigenvalue weighted by atomic mass is 9.99. The van der Waals surface area contributed by atoms with Gasteiger partial charge in [0.1, 0.15) is 0 Å². The minimum Gasteiger partial charge on any atom is -0.392 e. The molecule has 0 spiro atoms. The molecule has 0 aliphatic carbocycles. The fourth-order valence-corrected chi connectivity index (χ4v) is 2.24. The molecule has 0 aliphatic heterocycles. The number of benzene rings is 2. The monoisotopic (exact) mass is 306 g/mol. The summed E-state index contributed by atoms with van der Waals surface area (Å²) < 4.78 is 39.2. The van der Waals surface area contributed by atoms with Crippen LogP contribution < -0.4 is 0 Å². The summed E-state index contributed by atoms with van der Waals surface area (Å²) in [6.45, 7) is 3.60. The van der Waals surface area contributed by atoms with Crippen molar-refractivity contribution in [3.63, 3.8) is 0 Å². The molecule has 2 rings (SSSR count). The number of alkyl halides is 3. The van der Waals surface area contributed by atoms with Gasteiger partial charge in [0.25, 0.3) is 0 Å². The summed E-state index contributed by atoms with van der Waals surface area (Å²) in [6, 6.07) is 9.36. The third-order valence-corrected chi connectivity index (χ3v) is 3.69. The molecule has 0 fully saturated rings. The van der Waals surface area contributed by atoms with Crippen LogP contribution >= 0.6 is 0 Å². The number of hydrogen-bond donors (Lipinski definition) is 1. The van der Waals surface area contributed by atoms with Crippen molar-refractivity contribution in [2.45, 2.75) is 26.6 Å². The van der Waals surface area contributed by atoms with Crippen molar-refractivity contribution in [3.05, 3.63) is 69.8 Å². The van der Waals surface area contributed by atoms with Crippen LogP contribution in [-0.2, 0) is 12.8 Å². The van der Waals surface area contributed by atoms with Crippen molar-refractivity contribution in [3.8, 4) is 0 Å². The predicted octanol–water partition coefficient (Wildman–Crippen LogP) is 4.98. The normalized spacial score (nSPS) is 12.1. The minimum atomic E-state index is -4.42. The van der Waals surface area contributed by atoms with Gasteiger partial charge in [-0.15, -0.1) is 0 Å². The highest BCUT2D eigenvalue weighted by molar-refractivity contribution is 5.73. The largest absolute Gasteiger partial charge is 0.416 e. The summed E-state index contributed by atoms with van der Waals surface area (Å²) in [6.07, 6.45) is -1.30. The Morgan fingerprint density at radius 1 is 1.00 bits per heavy atom. The van der Waals surface area contributed by atoms with Gasteiger partial charge in [0, 0.05) is 0 Å². The molecule has 2 aromatic rings. The van der Waals surface area contributed by atoms with Crippen LogP contribution in [0.3, 0.4) is 0 Å². The molecule has 0 radical (unpaired) electrons. The van der Waals surface area contributed by atoms with Gasteiger partial charge in [-0.1, -0.05) is 36.4 Å². The second-order valence-corrected chi connectivity index (χ2v) is 5.20. The van der Waals surface area contributed by atoms with Crippen LogP contribution in [0.1, 0.15) is 33.4 Å². The molecular formula is C18H17F3O. The first-order valence-corrected chi connectivity index (χ1v) is 6.88. The first kappa shape index (κ1) is 16.3. The van der Waals surface area contributed by atoms with Crippen LogP contribution in [-0.4, -0.2) is 5.11 Å². The molecule has 0 aromatic heterocycles. The molecular weight excluding hydrogens is 289 g/mol. The summed E-state index contributed by atoms with van der Waals surface area (Å²) in [4.78, 5) is 0. The maximum Gasteiger partial charge on any atom is 0.416 e. The maximum atomic E-state index is 13.1. The molecule has 2 aromatic carbocycles. The highest BCUT2D eigenvalue weighted by Gasteiger charge is 2.32. The third kappa shape index (κ3) is 3.57. The van der Waals surface area contributed by atoms with Crippen LogP contribution in [0.15, 0.2) is 36.4 Å². The Morgan fingerprint density at radius 3 is 2.32 bits per heavy atom. The van der Waals surface area contributed by atoms with Crippen molar-refractivity contribution in [2.75, 3.05) is 0 Å². The third-order valence-electron chi connectivity index (χ3n) is 3.69. The Bertz CT molecular complexity index is 700. The number of halogens is 3. The van der Waals surface area contributed by atoms with E-state index < -0.39 is 11.7 Å². The molecule has 0 heterocycles. The van der Waals surface area contributed by atoms with E-state index in [1.54, 1.807) is 6.08 Å². The van der Waals surface area contributed by atoms with Gasteiger partial charge in [0.05, 0.1) is 12.2 Å². The first-order valence-electron chi connectivity index (χ1n) is 6.88. The Morgan fingerprint density at radius 2 is 1.68 bits per heavy atom. The first-order chi connectivity index (χ1) is 10.3. The van der Waals surface area contributed by atoms with Crippen LogP contribution in [0, 0.1) is 13.8 Å². The van der Waals surface area contributed by atoms with E-state index in [1.165, 1.54) is 18.2 Å². The molecule has 0 atom stereocenters. The molecule has 0 aliphatic rings. The van der Waals surface area contributed by atoms with E-state index in [9.17, 15) is 13.2 Å². The molecule has 1 nitrogen and oxygen atoms in total. The second kappa shape index (κ2) is 6.36. The van der Waals surface area contributed by atoms with Crippen molar-refractivity contribution < 1.29 is 18.3 Å². The second-order valence-electron chi connectivity index (χ2n) is 5.20. The molecule has 116 valence electrons. The highest BCUT2D eigenvalue weighted by Crippen LogP contribution is 2.33. The van der Waals surface area contributed by atoms with Crippen LogP contribution in [0.5, 0.6) is 0 Å². The van der Waals surface area contributed by atoms with Gasteiger partial charge in [-0.2, -0.15) is 13.2 Å². The number of rotatable bonds is 3. The van der Waals surface area contributed by atoms with Gasteiger partial charge in [0.2, 0.25) is 0 Å². The zero-order chi connectivity index (χ0) is 16.3. The number of aryl methyl sites for hydroxylation is 1. The number of aliphatic hydroxyl groups excluding tert-OH is 1. The van der Waals surface area contributed by atoms with E-state index in [1.807, 2.05) is 32.0 Å². The zero-order valence-corrected chi connectivity index (χ0v) is 12.4. The van der Waals surface area contributed by atoms with E-state index in [0.29, 0.717) is 5.56 Å². The van der Waals surface area contributed by atoms with Gasteiger partial charge in [-0.05, 0) is 53.8 Å². The van der Waals surface area contributed by atoms with Crippen molar-refractivity contribution in [1.82, 2.24) is 0 Å². The minimum absolute atomic E-state index is 0.0555. The van der Waals surface area contributed by atoms with E-state index in [2.05, 4.69) is 0 Å². The molecule has 22 heavy (non-hydrogen) atoms. The lowest BCUT2D eigenvalue weighted by molar-refractivity contribution is -0.137. The van der Waals surface area contributed by atoms with Gasteiger partial charge in [-0.3, -0.25) is 0 Å². The average Bonchev–Trinajstić information content (AvgIpc) is 2.47. The van der Waals surface area contributed by atoms with Gasteiger partial charge in [-0.25, -0.2) is 0 Å². The smallest absolute Gasteiger partial charge is 0.392 e. The summed E-state index contributed by atoms with van der Waals surface area (Å²) in [5, 5.41) is 9.12. The van der Waals surface area contributed by atoms with E-state index in [4.69, 9.17) is 5.11 Å². The topological polar surface area (TPSA) is 20.2 Å². The standard InChI is InChI=1S/C18H17F3O/c1-12-4-3-5-15(13(12)2)7-8-16-10-14(11-22)6-9-17(16)18(19,20)21/h3-10,22H,11H2,1-2H3/b8-7+. The molecule has 1 N–H and O–H groups in total. The molecule has 0 saturated carbocycles. The predicted molar refractivity (Wildman–Crippen MR) is 82.2 cm³/mol. The maximum absolute atomic E-state index is 13.1. The Hall–Kier alpha value is -2.07. The van der Waals surface area contributed by atoms with Crippen molar-refractivity contribution >= 4 is 12.2 Å². The van der Waals surface area contributed by atoms with Gasteiger partial charge < -0.3 is 5.11 Å².